The fourth-order valence-corrected chi connectivity index (χ4v) is 4.74. The maximum atomic E-state index is 13.6. The van der Waals surface area contributed by atoms with Crippen LogP contribution in [0.1, 0.15) is 57.4 Å². The molecule has 1 saturated heterocycles. The van der Waals surface area contributed by atoms with Crippen LogP contribution < -0.4 is 19.1 Å². The molecule has 0 saturated carbocycles. The third kappa shape index (κ3) is 5.35. The second kappa shape index (κ2) is 11.2. The summed E-state index contributed by atoms with van der Waals surface area (Å²) < 4.78 is 17.0. The summed E-state index contributed by atoms with van der Waals surface area (Å²) in [5, 5.41) is 11.7. The molecule has 1 amide bonds. The highest BCUT2D eigenvalue weighted by Crippen LogP contribution is 2.45. The van der Waals surface area contributed by atoms with Gasteiger partial charge >= 0.3 is 0 Å². The molecule has 3 aromatic carbocycles. The number of benzene rings is 3. The highest BCUT2D eigenvalue weighted by atomic mass is 16.5. The van der Waals surface area contributed by atoms with Crippen LogP contribution in [0.5, 0.6) is 17.2 Å². The molecule has 7 heteroatoms. The zero-order valence-electron chi connectivity index (χ0n) is 23.3. The molecule has 0 radical (unpaired) electrons. The molecule has 7 nitrogen and oxygen atoms in total. The number of methoxy groups -OCH3 is 1. The summed E-state index contributed by atoms with van der Waals surface area (Å²) in [6, 6.07) is 19.0. The van der Waals surface area contributed by atoms with E-state index in [9.17, 15) is 14.7 Å². The molecule has 1 aliphatic heterocycles. The van der Waals surface area contributed by atoms with Crippen LogP contribution in [-0.2, 0) is 15.0 Å². The van der Waals surface area contributed by atoms with Crippen LogP contribution in [0.4, 0.5) is 5.69 Å². The minimum Gasteiger partial charge on any atom is -0.507 e. The lowest BCUT2D eigenvalue weighted by Gasteiger charge is -2.26. The van der Waals surface area contributed by atoms with Crippen molar-refractivity contribution in [3.63, 3.8) is 0 Å². The Hall–Kier alpha value is -4.26. The summed E-state index contributed by atoms with van der Waals surface area (Å²) in [6.07, 6.45) is 0. The van der Waals surface area contributed by atoms with Crippen molar-refractivity contribution >= 4 is 23.1 Å². The van der Waals surface area contributed by atoms with Crippen molar-refractivity contribution in [2.24, 2.45) is 0 Å². The lowest BCUT2D eigenvalue weighted by atomic mass is 9.85. The van der Waals surface area contributed by atoms with Crippen molar-refractivity contribution in [3.05, 3.63) is 89.0 Å². The highest BCUT2D eigenvalue weighted by molar-refractivity contribution is 6.51. The normalized spacial score (nSPS) is 16.9. The van der Waals surface area contributed by atoms with Gasteiger partial charge in [-0.15, -0.1) is 0 Å². The van der Waals surface area contributed by atoms with E-state index in [0.29, 0.717) is 47.3 Å². The van der Waals surface area contributed by atoms with E-state index in [1.807, 2.05) is 56.3 Å². The van der Waals surface area contributed by atoms with E-state index in [-0.39, 0.29) is 16.7 Å². The number of nitrogens with zero attached hydrogens (tertiary/aromatic N) is 1. The van der Waals surface area contributed by atoms with Gasteiger partial charge in [0.2, 0.25) is 0 Å². The van der Waals surface area contributed by atoms with E-state index in [1.54, 1.807) is 24.3 Å². The van der Waals surface area contributed by atoms with Crippen molar-refractivity contribution in [1.29, 1.82) is 0 Å². The second-order valence-electron chi connectivity index (χ2n) is 10.2. The van der Waals surface area contributed by atoms with Gasteiger partial charge in [-0.05, 0) is 54.7 Å². The molecule has 1 fully saturated rings. The number of ether oxygens (including phenoxy) is 3. The number of carbonyl (C=O) groups is 2. The third-order valence-electron chi connectivity index (χ3n) is 6.69. The number of rotatable bonds is 8. The molecule has 4 rings (SSSR count). The van der Waals surface area contributed by atoms with Crippen LogP contribution >= 0.6 is 0 Å². The van der Waals surface area contributed by atoms with Gasteiger partial charge < -0.3 is 19.3 Å². The standard InChI is InChI=1S/C32H35NO6/c1-7-38-25-17-15-22(19-26(25)39-8-2)33-28(20-12-10-9-11-13-20)27(30(35)31(33)36)29(34)23-18-21(32(3,4)5)14-16-24(23)37-6/h9-19,28,34H,7-8H2,1-6H3/b29-27+. The number of ketones is 1. The maximum Gasteiger partial charge on any atom is 0.300 e. The van der Waals surface area contributed by atoms with E-state index < -0.39 is 17.7 Å². The van der Waals surface area contributed by atoms with Gasteiger partial charge in [0.25, 0.3) is 11.7 Å². The van der Waals surface area contributed by atoms with Gasteiger partial charge in [-0.25, -0.2) is 0 Å². The van der Waals surface area contributed by atoms with Crippen LogP contribution in [0.15, 0.2) is 72.3 Å². The van der Waals surface area contributed by atoms with Gasteiger partial charge in [-0.2, -0.15) is 0 Å². The molecule has 0 aromatic heterocycles. The Kier molecular flexibility index (Phi) is 8.00. The van der Waals surface area contributed by atoms with Crippen LogP contribution in [0.2, 0.25) is 0 Å². The molecule has 3 aromatic rings. The minimum atomic E-state index is -0.874. The van der Waals surface area contributed by atoms with Gasteiger partial charge in [0, 0.05) is 11.8 Å². The van der Waals surface area contributed by atoms with Gasteiger partial charge in [-0.1, -0.05) is 57.2 Å². The van der Waals surface area contributed by atoms with E-state index in [2.05, 4.69) is 20.8 Å². The minimum absolute atomic E-state index is 0.0117. The van der Waals surface area contributed by atoms with Crippen LogP contribution in [0, 0.1) is 0 Å². The summed E-state index contributed by atoms with van der Waals surface area (Å²) in [7, 11) is 1.51. The van der Waals surface area contributed by atoms with Crippen molar-refractivity contribution < 1.29 is 28.9 Å². The summed E-state index contributed by atoms with van der Waals surface area (Å²) >= 11 is 0. The largest absolute Gasteiger partial charge is 0.507 e. The monoisotopic (exact) mass is 529 g/mol. The predicted molar refractivity (Wildman–Crippen MR) is 152 cm³/mol. The number of aliphatic hydroxyl groups is 1. The van der Waals surface area contributed by atoms with Gasteiger partial charge in [0.1, 0.15) is 11.5 Å². The zero-order chi connectivity index (χ0) is 28.3. The third-order valence-corrected chi connectivity index (χ3v) is 6.69. The van der Waals surface area contributed by atoms with Crippen LogP contribution in [0.25, 0.3) is 5.76 Å². The first-order chi connectivity index (χ1) is 18.6. The Balaban J connectivity index is 1.96. The first kappa shape index (κ1) is 27.8. The summed E-state index contributed by atoms with van der Waals surface area (Å²) in [4.78, 5) is 28.7. The average molecular weight is 530 g/mol. The van der Waals surface area contributed by atoms with Crippen molar-refractivity contribution in [1.82, 2.24) is 0 Å². The van der Waals surface area contributed by atoms with Crippen molar-refractivity contribution in [3.8, 4) is 17.2 Å². The Morgan fingerprint density at radius 2 is 1.51 bits per heavy atom. The topological polar surface area (TPSA) is 85.3 Å². The number of hydrogen-bond donors (Lipinski definition) is 1. The second-order valence-corrected chi connectivity index (χ2v) is 10.2. The first-order valence-electron chi connectivity index (χ1n) is 13.1. The number of hydrogen-bond acceptors (Lipinski definition) is 6. The Bertz CT molecular complexity index is 1400. The quantitative estimate of drug-likeness (QED) is 0.206. The lowest BCUT2D eigenvalue weighted by molar-refractivity contribution is -0.132. The molecule has 0 aliphatic carbocycles. The molecule has 1 atom stereocenters. The van der Waals surface area contributed by atoms with E-state index >= 15 is 0 Å². The Labute approximate surface area is 229 Å². The molecule has 0 bridgehead atoms. The average Bonchev–Trinajstić information content (AvgIpc) is 3.19. The smallest absolute Gasteiger partial charge is 0.300 e. The zero-order valence-corrected chi connectivity index (χ0v) is 23.3. The summed E-state index contributed by atoms with van der Waals surface area (Å²) in [6.45, 7) is 10.8. The number of Topliss-reactive ketones (excluding diaryl/α,β-unsaturated/α-hetero) is 1. The molecule has 39 heavy (non-hydrogen) atoms. The number of amides is 1. The molecular formula is C32H35NO6. The molecular weight excluding hydrogens is 494 g/mol. The van der Waals surface area contributed by atoms with E-state index in [1.165, 1.54) is 12.0 Å². The Morgan fingerprint density at radius 3 is 2.13 bits per heavy atom. The van der Waals surface area contributed by atoms with E-state index in [4.69, 9.17) is 14.2 Å². The van der Waals surface area contributed by atoms with Crippen molar-refractivity contribution in [2.75, 3.05) is 25.2 Å². The number of anilines is 1. The fourth-order valence-electron chi connectivity index (χ4n) is 4.74. The summed E-state index contributed by atoms with van der Waals surface area (Å²) in [5.74, 6) is -0.411. The molecule has 0 spiro atoms. The Morgan fingerprint density at radius 1 is 0.872 bits per heavy atom. The van der Waals surface area contributed by atoms with Gasteiger partial charge in [-0.3, -0.25) is 14.5 Å². The molecule has 1 aliphatic rings. The summed E-state index contributed by atoms with van der Waals surface area (Å²) in [5.41, 5.74) is 2.20. The number of carbonyl (C=O) groups excluding carboxylic acids is 2. The van der Waals surface area contributed by atoms with E-state index in [0.717, 1.165) is 5.56 Å². The van der Waals surface area contributed by atoms with Gasteiger partial charge in [0.05, 0.1) is 37.5 Å². The van der Waals surface area contributed by atoms with Crippen molar-refractivity contribution in [2.45, 2.75) is 46.1 Å². The maximum absolute atomic E-state index is 13.6. The lowest BCUT2D eigenvalue weighted by Crippen LogP contribution is -2.29. The van der Waals surface area contributed by atoms with Crippen LogP contribution in [0.3, 0.4) is 0 Å². The number of aliphatic hydroxyl groups excluding tert-OH is 1. The van der Waals surface area contributed by atoms with Crippen LogP contribution in [-0.4, -0.2) is 37.1 Å². The molecule has 204 valence electrons. The highest BCUT2D eigenvalue weighted by Gasteiger charge is 2.47. The molecule has 1 heterocycles. The predicted octanol–water partition coefficient (Wildman–Crippen LogP) is 6.42. The fraction of sp³-hybridized carbons (Fsp3) is 0.312. The molecule has 1 unspecified atom stereocenters. The van der Waals surface area contributed by atoms with Gasteiger partial charge in [0.15, 0.2) is 11.5 Å². The SMILES string of the molecule is CCOc1ccc(N2C(=O)C(=O)/C(=C(/O)c3cc(C(C)(C)C)ccc3OC)C2c2ccccc2)cc1OCC. The molecule has 1 N–H and O–H groups in total. The first-order valence-corrected chi connectivity index (χ1v) is 13.1.